The number of hydrazine groups is 1. The van der Waals surface area contributed by atoms with Crippen molar-refractivity contribution in [2.75, 3.05) is 5.73 Å². The maximum Gasteiger partial charge on any atom is 0.321 e. The van der Waals surface area contributed by atoms with Gasteiger partial charge in [-0.25, -0.2) is 10.1 Å². The summed E-state index contributed by atoms with van der Waals surface area (Å²) in [6.45, 7) is 0.989. The number of sulfonamides is 1. The molecule has 1 rings (SSSR count). The van der Waals surface area contributed by atoms with E-state index in [1.54, 1.807) is 5.32 Å². The molecule has 0 radical (unpaired) electrons. The number of rotatable bonds is 3. The second-order valence-electron chi connectivity index (χ2n) is 3.58. The fraction of sp³-hybridized carbons (Fsp3) is 0.111. The van der Waals surface area contributed by atoms with E-state index in [1.165, 1.54) is 12.1 Å². The Balaban J connectivity index is 3.26. The number of nitrogens with one attached hydrogen (secondary N) is 2. The number of hydrogen-bond donors (Lipinski definition) is 3. The highest BCUT2D eigenvalue weighted by Gasteiger charge is 2.37. The summed E-state index contributed by atoms with van der Waals surface area (Å²) in [6.07, 6.45) is 0. The standard InChI is InChI=1S/C9H11N5O5S/c1-6(15)12-9(11)13(14(16)17)20(18,19)8-4-2-7(10)3-5-8/h2-5H,10H2,1H3,(H2,11,12,15). The van der Waals surface area contributed by atoms with E-state index in [-0.39, 0.29) is 5.69 Å². The number of nitrogen functional groups attached to an aromatic ring is 1. The van der Waals surface area contributed by atoms with Crippen molar-refractivity contribution in [3.63, 3.8) is 0 Å². The highest BCUT2D eigenvalue weighted by molar-refractivity contribution is 7.89. The summed E-state index contributed by atoms with van der Waals surface area (Å²) in [6, 6.07) is 4.60. The first-order chi connectivity index (χ1) is 9.16. The summed E-state index contributed by atoms with van der Waals surface area (Å²) in [7, 11) is -4.62. The van der Waals surface area contributed by atoms with E-state index in [2.05, 4.69) is 0 Å². The van der Waals surface area contributed by atoms with Crippen LogP contribution in [0.15, 0.2) is 29.2 Å². The molecule has 0 aliphatic carbocycles. The largest absolute Gasteiger partial charge is 0.399 e. The van der Waals surface area contributed by atoms with Crippen LogP contribution in [0.1, 0.15) is 6.92 Å². The van der Waals surface area contributed by atoms with E-state index in [0.29, 0.717) is 0 Å². The number of nitrogens with two attached hydrogens (primary N) is 1. The minimum atomic E-state index is -4.62. The van der Waals surface area contributed by atoms with Crippen molar-refractivity contribution in [3.8, 4) is 0 Å². The number of carbonyl (C=O) groups is 1. The topological polar surface area (TPSA) is 159 Å². The number of amides is 1. The van der Waals surface area contributed by atoms with Gasteiger partial charge in [-0.1, -0.05) is 0 Å². The van der Waals surface area contributed by atoms with Gasteiger partial charge in [-0.2, -0.15) is 8.42 Å². The number of nitrogens with zero attached hydrogens (tertiary/aromatic N) is 2. The third-order valence-corrected chi connectivity index (χ3v) is 3.68. The molecule has 1 aromatic rings. The van der Waals surface area contributed by atoms with Gasteiger partial charge in [-0.3, -0.25) is 15.5 Å². The number of guanidine groups is 1. The molecule has 0 aromatic heterocycles. The maximum absolute atomic E-state index is 12.1. The van der Waals surface area contributed by atoms with Crippen molar-refractivity contribution in [1.29, 1.82) is 5.41 Å². The fourth-order valence-electron chi connectivity index (χ4n) is 1.24. The molecule has 11 heteroatoms. The maximum atomic E-state index is 12.1. The lowest BCUT2D eigenvalue weighted by molar-refractivity contribution is -0.596. The van der Waals surface area contributed by atoms with Crippen LogP contribution in [0.3, 0.4) is 0 Å². The quantitative estimate of drug-likeness (QED) is 0.225. The van der Waals surface area contributed by atoms with Crippen LogP contribution in [0.2, 0.25) is 0 Å². The number of benzene rings is 1. The zero-order valence-electron chi connectivity index (χ0n) is 10.2. The van der Waals surface area contributed by atoms with Gasteiger partial charge in [0.15, 0.2) is 5.03 Å². The Hall–Kier alpha value is -2.69. The summed E-state index contributed by atoms with van der Waals surface area (Å²) in [4.78, 5) is 21.2. The van der Waals surface area contributed by atoms with Gasteiger partial charge in [0.2, 0.25) is 5.91 Å². The Morgan fingerprint density at radius 2 is 1.90 bits per heavy atom. The van der Waals surface area contributed by atoms with Crippen molar-refractivity contribution in [2.24, 2.45) is 0 Å². The van der Waals surface area contributed by atoms with E-state index < -0.39 is 36.2 Å². The first-order valence-electron chi connectivity index (χ1n) is 5.07. The highest BCUT2D eigenvalue weighted by Crippen LogP contribution is 2.17. The molecule has 0 saturated carbocycles. The van der Waals surface area contributed by atoms with E-state index in [4.69, 9.17) is 11.1 Å². The van der Waals surface area contributed by atoms with Crippen molar-refractivity contribution >= 4 is 27.6 Å². The van der Waals surface area contributed by atoms with Gasteiger partial charge in [0.1, 0.15) is 0 Å². The third-order valence-electron chi connectivity index (χ3n) is 2.04. The Morgan fingerprint density at radius 1 is 1.40 bits per heavy atom. The van der Waals surface area contributed by atoms with E-state index >= 15 is 0 Å². The van der Waals surface area contributed by atoms with Crippen LogP contribution >= 0.6 is 0 Å². The highest BCUT2D eigenvalue weighted by atomic mass is 32.2. The molecule has 0 bridgehead atoms. The van der Waals surface area contributed by atoms with Crippen LogP contribution in [0.25, 0.3) is 0 Å². The summed E-state index contributed by atoms with van der Waals surface area (Å²) >= 11 is 0. The second kappa shape index (κ2) is 5.52. The van der Waals surface area contributed by atoms with Crippen LogP contribution in [-0.2, 0) is 14.8 Å². The molecule has 108 valence electrons. The Bertz CT molecular complexity index is 654. The SMILES string of the molecule is CC(=O)NC(=N)N([N+](=O)[O-])S(=O)(=O)c1ccc(N)cc1. The summed E-state index contributed by atoms with van der Waals surface area (Å²) in [5.41, 5.74) is 5.66. The van der Waals surface area contributed by atoms with Gasteiger partial charge in [0.25, 0.3) is 5.96 Å². The lowest BCUT2D eigenvalue weighted by atomic mass is 10.3. The Labute approximate surface area is 113 Å². The Morgan fingerprint density at radius 3 is 2.30 bits per heavy atom. The molecule has 0 saturated heterocycles. The predicted molar refractivity (Wildman–Crippen MR) is 68.4 cm³/mol. The molecule has 0 atom stereocenters. The molecule has 0 aliphatic rings. The second-order valence-corrected chi connectivity index (χ2v) is 5.35. The van der Waals surface area contributed by atoms with E-state index in [1.807, 2.05) is 0 Å². The molecule has 0 spiro atoms. The van der Waals surface area contributed by atoms with Crippen LogP contribution in [0.4, 0.5) is 5.69 Å². The molecule has 0 heterocycles. The van der Waals surface area contributed by atoms with Crippen LogP contribution < -0.4 is 11.1 Å². The normalized spacial score (nSPS) is 10.7. The average Bonchev–Trinajstić information content (AvgIpc) is 2.27. The van der Waals surface area contributed by atoms with Gasteiger partial charge >= 0.3 is 10.0 Å². The van der Waals surface area contributed by atoms with Crippen LogP contribution in [0, 0.1) is 15.5 Å². The number of anilines is 1. The van der Waals surface area contributed by atoms with Gasteiger partial charge in [0, 0.05) is 12.6 Å². The van der Waals surface area contributed by atoms with Gasteiger partial charge < -0.3 is 5.73 Å². The molecule has 10 nitrogen and oxygen atoms in total. The van der Waals surface area contributed by atoms with Crippen molar-refractivity contribution in [3.05, 3.63) is 34.4 Å². The summed E-state index contributed by atoms with van der Waals surface area (Å²) in [5, 5.41) is 18.6. The molecule has 0 unspecified atom stereocenters. The third kappa shape index (κ3) is 3.20. The number of carbonyl (C=O) groups excluding carboxylic acids is 1. The summed E-state index contributed by atoms with van der Waals surface area (Å²) < 4.78 is 23.7. The number of nitro groups is 1. The van der Waals surface area contributed by atoms with Crippen molar-refractivity contribution in [1.82, 2.24) is 9.73 Å². The molecule has 0 fully saturated rings. The zero-order chi connectivity index (χ0) is 15.5. The predicted octanol–water partition coefficient (Wildman–Crippen LogP) is -0.478. The monoisotopic (exact) mass is 301 g/mol. The average molecular weight is 301 g/mol. The zero-order valence-corrected chi connectivity index (χ0v) is 11.0. The summed E-state index contributed by atoms with van der Waals surface area (Å²) in [5.74, 6) is -1.99. The van der Waals surface area contributed by atoms with Gasteiger partial charge in [-0.05, 0) is 24.3 Å². The molecule has 4 N–H and O–H groups in total. The van der Waals surface area contributed by atoms with E-state index in [0.717, 1.165) is 19.1 Å². The molecule has 1 amide bonds. The van der Waals surface area contributed by atoms with Gasteiger partial charge in [0.05, 0.1) is 9.31 Å². The molecule has 0 aliphatic heterocycles. The minimum Gasteiger partial charge on any atom is -0.399 e. The van der Waals surface area contributed by atoms with Crippen LogP contribution in [0.5, 0.6) is 0 Å². The molecular weight excluding hydrogens is 290 g/mol. The smallest absolute Gasteiger partial charge is 0.321 e. The molecular formula is C9H11N5O5S. The molecule has 1 aromatic carbocycles. The fourth-order valence-corrected chi connectivity index (χ4v) is 2.39. The van der Waals surface area contributed by atoms with Crippen molar-refractivity contribution in [2.45, 2.75) is 11.8 Å². The minimum absolute atomic E-state index is 0.272. The Kier molecular flexibility index (Phi) is 4.24. The number of hydrogen-bond acceptors (Lipinski definition) is 7. The van der Waals surface area contributed by atoms with Crippen LogP contribution in [-0.4, -0.2) is 29.7 Å². The molecule has 20 heavy (non-hydrogen) atoms. The first-order valence-corrected chi connectivity index (χ1v) is 6.51. The van der Waals surface area contributed by atoms with E-state index in [9.17, 15) is 23.3 Å². The first kappa shape index (κ1) is 15.4. The van der Waals surface area contributed by atoms with Gasteiger partial charge in [-0.15, -0.1) is 0 Å². The lowest BCUT2D eigenvalue weighted by Crippen LogP contribution is -2.48. The van der Waals surface area contributed by atoms with Crippen molar-refractivity contribution < 1.29 is 18.2 Å². The lowest BCUT2D eigenvalue weighted by Gasteiger charge is -2.14.